The highest BCUT2D eigenvalue weighted by atomic mass is 32.2. The SMILES string of the molecule is CSc1cccc(NC(=O)CN(C)S(=O)(=O)c2ccc3c(c2)C[C@H](C)N3C(=O)C2CCC2)c1. The van der Waals surface area contributed by atoms with E-state index in [-0.39, 0.29) is 29.3 Å². The number of benzene rings is 2. The Balaban J connectivity index is 1.47. The van der Waals surface area contributed by atoms with Crippen LogP contribution in [0.2, 0.25) is 0 Å². The van der Waals surface area contributed by atoms with Gasteiger partial charge in [0.25, 0.3) is 0 Å². The van der Waals surface area contributed by atoms with Crippen molar-refractivity contribution >= 4 is 45.0 Å². The van der Waals surface area contributed by atoms with Gasteiger partial charge in [0.05, 0.1) is 11.4 Å². The van der Waals surface area contributed by atoms with Crippen LogP contribution in [0.3, 0.4) is 0 Å². The van der Waals surface area contributed by atoms with Crippen molar-refractivity contribution in [1.82, 2.24) is 4.31 Å². The van der Waals surface area contributed by atoms with Crippen molar-refractivity contribution in [2.24, 2.45) is 5.92 Å². The summed E-state index contributed by atoms with van der Waals surface area (Å²) in [5.74, 6) is -0.183. The number of rotatable bonds is 7. The monoisotopic (exact) mass is 487 g/mol. The van der Waals surface area contributed by atoms with Crippen molar-refractivity contribution in [3.63, 3.8) is 0 Å². The number of sulfonamides is 1. The third-order valence-electron chi connectivity index (χ3n) is 6.39. The number of nitrogens with zero attached hydrogens (tertiary/aromatic N) is 2. The molecule has 1 heterocycles. The van der Waals surface area contributed by atoms with E-state index in [1.807, 2.05) is 36.3 Å². The summed E-state index contributed by atoms with van der Waals surface area (Å²) < 4.78 is 27.3. The predicted octanol–water partition coefficient (Wildman–Crippen LogP) is 3.75. The van der Waals surface area contributed by atoms with Gasteiger partial charge in [0.15, 0.2) is 0 Å². The summed E-state index contributed by atoms with van der Waals surface area (Å²) in [6.07, 6.45) is 5.51. The fourth-order valence-electron chi connectivity index (χ4n) is 4.32. The van der Waals surface area contributed by atoms with Gasteiger partial charge in [-0.15, -0.1) is 11.8 Å². The first kappa shape index (κ1) is 23.8. The molecule has 0 radical (unpaired) electrons. The van der Waals surface area contributed by atoms with E-state index in [0.29, 0.717) is 12.1 Å². The molecular formula is C24H29N3O4S2. The standard InChI is InChI=1S/C24H29N3O4S2/c1-16-12-18-13-21(10-11-22(18)27(16)24(29)17-6-4-7-17)33(30,31)26(2)15-23(28)25-19-8-5-9-20(14-19)32-3/h5,8-11,13-14,16-17H,4,6-7,12,15H2,1-3H3,(H,25,28)/t16-/m0/s1. The summed E-state index contributed by atoms with van der Waals surface area (Å²) in [6.45, 7) is 1.69. The first-order valence-corrected chi connectivity index (χ1v) is 13.7. The summed E-state index contributed by atoms with van der Waals surface area (Å²) in [6, 6.07) is 12.3. The maximum atomic E-state index is 13.1. The van der Waals surface area contributed by atoms with Crippen LogP contribution >= 0.6 is 11.8 Å². The summed E-state index contributed by atoms with van der Waals surface area (Å²) in [5.41, 5.74) is 2.27. The molecule has 1 aliphatic carbocycles. The number of hydrogen-bond acceptors (Lipinski definition) is 5. The minimum atomic E-state index is -3.86. The summed E-state index contributed by atoms with van der Waals surface area (Å²) in [4.78, 5) is 28.3. The van der Waals surface area contributed by atoms with E-state index in [0.717, 1.165) is 39.7 Å². The maximum absolute atomic E-state index is 13.1. The fourth-order valence-corrected chi connectivity index (χ4v) is 5.96. The van der Waals surface area contributed by atoms with Crippen LogP contribution in [0.4, 0.5) is 11.4 Å². The Kier molecular flexibility index (Phi) is 6.83. The Morgan fingerprint density at radius 2 is 1.94 bits per heavy atom. The molecule has 2 amide bonds. The third-order valence-corrected chi connectivity index (χ3v) is 8.91. The molecule has 0 saturated heterocycles. The number of amides is 2. The highest BCUT2D eigenvalue weighted by Gasteiger charge is 2.37. The molecule has 1 N–H and O–H groups in total. The lowest BCUT2D eigenvalue weighted by Crippen LogP contribution is -2.42. The van der Waals surface area contributed by atoms with E-state index < -0.39 is 15.9 Å². The molecule has 1 fully saturated rings. The van der Waals surface area contributed by atoms with Crippen molar-refractivity contribution in [3.8, 4) is 0 Å². The van der Waals surface area contributed by atoms with Gasteiger partial charge < -0.3 is 10.2 Å². The van der Waals surface area contributed by atoms with E-state index in [1.54, 1.807) is 30.0 Å². The molecule has 0 aromatic heterocycles. The number of thioether (sulfide) groups is 1. The number of carbonyl (C=O) groups excluding carboxylic acids is 2. The van der Waals surface area contributed by atoms with Gasteiger partial charge in [0, 0.05) is 35.3 Å². The molecule has 9 heteroatoms. The summed E-state index contributed by atoms with van der Waals surface area (Å²) in [5, 5.41) is 2.76. The van der Waals surface area contributed by atoms with Crippen molar-refractivity contribution < 1.29 is 18.0 Å². The molecule has 0 unspecified atom stereocenters. The van der Waals surface area contributed by atoms with E-state index in [1.165, 1.54) is 13.1 Å². The van der Waals surface area contributed by atoms with Crippen LogP contribution in [0.1, 0.15) is 31.7 Å². The summed E-state index contributed by atoms with van der Waals surface area (Å²) in [7, 11) is -2.46. The average Bonchev–Trinajstić information content (AvgIpc) is 3.07. The average molecular weight is 488 g/mol. The molecule has 1 aliphatic heterocycles. The molecular weight excluding hydrogens is 458 g/mol. The van der Waals surface area contributed by atoms with Crippen molar-refractivity contribution in [2.45, 2.75) is 48.4 Å². The topological polar surface area (TPSA) is 86.8 Å². The van der Waals surface area contributed by atoms with Gasteiger partial charge in [0.2, 0.25) is 21.8 Å². The predicted molar refractivity (Wildman–Crippen MR) is 131 cm³/mol. The van der Waals surface area contributed by atoms with Crippen molar-refractivity contribution in [3.05, 3.63) is 48.0 Å². The van der Waals surface area contributed by atoms with Crippen LogP contribution in [-0.4, -0.2) is 50.4 Å². The van der Waals surface area contributed by atoms with E-state index in [2.05, 4.69) is 5.32 Å². The minimum Gasteiger partial charge on any atom is -0.325 e. The molecule has 0 spiro atoms. The first-order valence-electron chi connectivity index (χ1n) is 11.1. The third kappa shape index (κ3) is 4.81. The van der Waals surface area contributed by atoms with Crippen LogP contribution < -0.4 is 10.2 Å². The Morgan fingerprint density at radius 1 is 1.18 bits per heavy atom. The molecule has 7 nitrogen and oxygen atoms in total. The van der Waals surface area contributed by atoms with Gasteiger partial charge >= 0.3 is 0 Å². The number of fused-ring (bicyclic) bond motifs is 1. The Bertz CT molecular complexity index is 1180. The Labute approximate surface area is 199 Å². The van der Waals surface area contributed by atoms with Gasteiger partial charge in [-0.05, 0) is 74.4 Å². The second-order valence-corrected chi connectivity index (χ2v) is 11.6. The maximum Gasteiger partial charge on any atom is 0.243 e. The van der Waals surface area contributed by atoms with Crippen LogP contribution in [0.5, 0.6) is 0 Å². The molecule has 176 valence electrons. The lowest BCUT2D eigenvalue weighted by molar-refractivity contribution is -0.125. The lowest BCUT2D eigenvalue weighted by Gasteiger charge is -2.32. The molecule has 1 saturated carbocycles. The van der Waals surface area contributed by atoms with E-state index in [4.69, 9.17) is 0 Å². The zero-order chi connectivity index (χ0) is 23.8. The van der Waals surface area contributed by atoms with E-state index in [9.17, 15) is 18.0 Å². The zero-order valence-electron chi connectivity index (χ0n) is 19.1. The van der Waals surface area contributed by atoms with Crippen LogP contribution in [0.25, 0.3) is 0 Å². The molecule has 1 atom stereocenters. The molecule has 2 aliphatic rings. The highest BCUT2D eigenvalue weighted by molar-refractivity contribution is 7.98. The Hall–Kier alpha value is -2.36. The van der Waals surface area contributed by atoms with Gasteiger partial charge in [-0.1, -0.05) is 12.5 Å². The molecule has 33 heavy (non-hydrogen) atoms. The number of nitrogens with one attached hydrogen (secondary N) is 1. The van der Waals surface area contributed by atoms with Crippen LogP contribution in [0.15, 0.2) is 52.3 Å². The largest absolute Gasteiger partial charge is 0.325 e. The second-order valence-electron chi connectivity index (χ2n) is 8.72. The van der Waals surface area contributed by atoms with Gasteiger partial charge in [-0.2, -0.15) is 4.31 Å². The summed E-state index contributed by atoms with van der Waals surface area (Å²) >= 11 is 1.56. The quantitative estimate of drug-likeness (QED) is 0.601. The fraction of sp³-hybridized carbons (Fsp3) is 0.417. The molecule has 2 aromatic rings. The highest BCUT2D eigenvalue weighted by Crippen LogP contribution is 2.38. The number of likely N-dealkylation sites (N-methyl/N-ethyl adjacent to an activating group) is 1. The molecule has 2 aromatic carbocycles. The van der Waals surface area contributed by atoms with Crippen LogP contribution in [0, 0.1) is 5.92 Å². The number of anilines is 2. The number of carbonyl (C=O) groups is 2. The van der Waals surface area contributed by atoms with Gasteiger partial charge in [0.1, 0.15) is 0 Å². The molecule has 4 rings (SSSR count). The van der Waals surface area contributed by atoms with Crippen molar-refractivity contribution in [1.29, 1.82) is 0 Å². The number of hydrogen-bond donors (Lipinski definition) is 1. The minimum absolute atomic E-state index is 0.00612. The normalized spacial score (nSPS) is 18.2. The van der Waals surface area contributed by atoms with E-state index >= 15 is 0 Å². The Morgan fingerprint density at radius 3 is 2.61 bits per heavy atom. The smallest absolute Gasteiger partial charge is 0.243 e. The van der Waals surface area contributed by atoms with Gasteiger partial charge in [-0.3, -0.25) is 9.59 Å². The van der Waals surface area contributed by atoms with Crippen LogP contribution in [-0.2, 0) is 26.0 Å². The molecule has 0 bridgehead atoms. The first-order chi connectivity index (χ1) is 15.7. The zero-order valence-corrected chi connectivity index (χ0v) is 20.7. The van der Waals surface area contributed by atoms with Crippen molar-refractivity contribution in [2.75, 3.05) is 30.1 Å². The van der Waals surface area contributed by atoms with Gasteiger partial charge in [-0.25, -0.2) is 8.42 Å². The lowest BCUT2D eigenvalue weighted by atomic mass is 9.84. The second kappa shape index (κ2) is 9.48.